The molecule has 0 fully saturated rings. The molecule has 2 N–H and O–H groups in total. The quantitative estimate of drug-likeness (QED) is 0.849. The number of hydrogen-bond acceptors (Lipinski definition) is 3. The van der Waals surface area contributed by atoms with E-state index in [1.807, 2.05) is 0 Å². The summed E-state index contributed by atoms with van der Waals surface area (Å²) in [7, 11) is 0. The summed E-state index contributed by atoms with van der Waals surface area (Å²) in [5, 5.41) is 17.7. The van der Waals surface area contributed by atoms with Crippen LogP contribution >= 0.6 is 0 Å². The van der Waals surface area contributed by atoms with Gasteiger partial charge >= 0.3 is 18.1 Å². The van der Waals surface area contributed by atoms with Gasteiger partial charge in [0.1, 0.15) is 0 Å². The van der Waals surface area contributed by atoms with Crippen molar-refractivity contribution in [3.8, 4) is 0 Å². The molecule has 20 heavy (non-hydrogen) atoms. The van der Waals surface area contributed by atoms with Crippen molar-refractivity contribution in [3.63, 3.8) is 0 Å². The lowest BCUT2D eigenvalue weighted by molar-refractivity contribution is -0.191. The highest BCUT2D eigenvalue weighted by molar-refractivity contribution is 5.87. The summed E-state index contributed by atoms with van der Waals surface area (Å²) in [6.07, 6.45) is -5.21. The van der Waals surface area contributed by atoms with Gasteiger partial charge in [-0.3, -0.25) is 4.79 Å². The summed E-state index contributed by atoms with van der Waals surface area (Å²) < 4.78 is 37.5. The molecule has 8 heteroatoms. The number of alkyl halides is 3. The average molecular weight is 291 g/mol. The molecule has 1 amide bonds. The molecule has 0 aromatic heterocycles. The molecule has 0 aliphatic heterocycles. The minimum Gasteiger partial charge on any atom is -0.480 e. The molecule has 1 aromatic rings. The van der Waals surface area contributed by atoms with Crippen molar-refractivity contribution in [2.75, 3.05) is 6.61 Å². The normalized spacial score (nSPS) is 12.8. The Balaban J connectivity index is 3.07. The number of aliphatic carboxylic acids is 1. The van der Waals surface area contributed by atoms with E-state index >= 15 is 0 Å². The maximum Gasteiger partial charge on any atom is 0.471 e. The van der Waals surface area contributed by atoms with Crippen LogP contribution in [0.1, 0.15) is 5.56 Å². The molecule has 110 valence electrons. The van der Waals surface area contributed by atoms with Gasteiger partial charge in [-0.15, -0.1) is 0 Å². The van der Waals surface area contributed by atoms with Crippen molar-refractivity contribution in [1.82, 2.24) is 4.90 Å². The smallest absolute Gasteiger partial charge is 0.471 e. The van der Waals surface area contributed by atoms with Gasteiger partial charge in [-0.25, -0.2) is 4.79 Å². The number of aliphatic hydroxyl groups is 1. The van der Waals surface area contributed by atoms with Crippen molar-refractivity contribution in [3.05, 3.63) is 35.9 Å². The standard InChI is InChI=1S/C12H12F3NO4/c13-12(14,15)11(20)16(9(7-17)10(18)19)6-8-4-2-1-3-5-8/h1-5,9,17H,6-7H2,(H,18,19)/t9-/m0/s1. The summed E-state index contributed by atoms with van der Waals surface area (Å²) in [4.78, 5) is 22.3. The van der Waals surface area contributed by atoms with Crippen molar-refractivity contribution in [2.45, 2.75) is 18.8 Å². The third-order valence-electron chi connectivity index (χ3n) is 2.53. The first-order chi connectivity index (χ1) is 9.27. The molecule has 5 nitrogen and oxygen atoms in total. The van der Waals surface area contributed by atoms with E-state index in [2.05, 4.69) is 0 Å². The molecule has 0 radical (unpaired) electrons. The highest BCUT2D eigenvalue weighted by Gasteiger charge is 2.46. The molecule has 0 saturated carbocycles. The van der Waals surface area contributed by atoms with E-state index in [0.717, 1.165) is 0 Å². The summed E-state index contributed by atoms with van der Waals surface area (Å²) >= 11 is 0. The number of nitrogens with zero attached hydrogens (tertiary/aromatic N) is 1. The number of carbonyl (C=O) groups excluding carboxylic acids is 1. The molecular formula is C12H12F3NO4. The van der Waals surface area contributed by atoms with Crippen molar-refractivity contribution in [2.24, 2.45) is 0 Å². The number of amides is 1. The minimum atomic E-state index is -5.21. The second-order valence-corrected chi connectivity index (χ2v) is 3.95. The number of hydrogen-bond donors (Lipinski definition) is 2. The van der Waals surface area contributed by atoms with E-state index in [-0.39, 0.29) is 4.90 Å². The van der Waals surface area contributed by atoms with E-state index in [1.54, 1.807) is 18.2 Å². The molecule has 1 aromatic carbocycles. The van der Waals surface area contributed by atoms with Crippen molar-refractivity contribution in [1.29, 1.82) is 0 Å². The number of carbonyl (C=O) groups is 2. The van der Waals surface area contributed by atoms with Crippen LogP contribution in [0, 0.1) is 0 Å². The maximum atomic E-state index is 12.5. The van der Waals surface area contributed by atoms with Gasteiger partial charge in [0.15, 0.2) is 6.04 Å². The van der Waals surface area contributed by atoms with Crippen LogP contribution in [-0.2, 0) is 16.1 Å². The molecule has 0 aliphatic carbocycles. The fourth-order valence-electron chi connectivity index (χ4n) is 1.58. The number of aliphatic hydroxyl groups excluding tert-OH is 1. The fraction of sp³-hybridized carbons (Fsp3) is 0.333. The summed E-state index contributed by atoms with van der Waals surface area (Å²) in [6.45, 7) is -1.67. The fourth-order valence-corrected chi connectivity index (χ4v) is 1.58. The summed E-state index contributed by atoms with van der Waals surface area (Å²) in [5.41, 5.74) is 0.324. The molecule has 0 heterocycles. The Labute approximate surface area is 112 Å². The Hall–Kier alpha value is -2.09. The van der Waals surface area contributed by atoms with Gasteiger partial charge in [0, 0.05) is 6.54 Å². The Morgan fingerprint density at radius 1 is 1.20 bits per heavy atom. The first kappa shape index (κ1) is 16.0. The molecule has 0 aliphatic rings. The van der Waals surface area contributed by atoms with Crippen LogP contribution < -0.4 is 0 Å². The Morgan fingerprint density at radius 2 is 1.75 bits per heavy atom. The number of rotatable bonds is 5. The number of benzene rings is 1. The van der Waals surface area contributed by atoms with Gasteiger partial charge < -0.3 is 15.1 Å². The maximum absolute atomic E-state index is 12.5. The zero-order chi connectivity index (χ0) is 15.3. The summed E-state index contributed by atoms with van der Waals surface area (Å²) in [6, 6.07) is 5.66. The minimum absolute atomic E-state index is 0.0949. The van der Waals surface area contributed by atoms with Crippen LogP contribution in [0.4, 0.5) is 13.2 Å². The number of carboxylic acid groups (broad SMARTS) is 1. The van der Waals surface area contributed by atoms with E-state index in [1.165, 1.54) is 12.1 Å². The monoisotopic (exact) mass is 291 g/mol. The topological polar surface area (TPSA) is 77.8 Å². The van der Waals surface area contributed by atoms with E-state index in [9.17, 15) is 22.8 Å². The lowest BCUT2D eigenvalue weighted by Gasteiger charge is -2.28. The van der Waals surface area contributed by atoms with Gasteiger partial charge in [-0.05, 0) is 5.56 Å². The highest BCUT2D eigenvalue weighted by atomic mass is 19.4. The SMILES string of the molecule is O=C(O)[C@H](CO)N(Cc1ccccc1)C(=O)C(F)(F)F. The van der Waals surface area contributed by atoms with Crippen LogP contribution in [0.15, 0.2) is 30.3 Å². The van der Waals surface area contributed by atoms with Gasteiger partial charge in [0.05, 0.1) is 6.61 Å². The van der Waals surface area contributed by atoms with Crippen LogP contribution in [0.25, 0.3) is 0 Å². The zero-order valence-corrected chi connectivity index (χ0v) is 10.2. The van der Waals surface area contributed by atoms with E-state index < -0.39 is 37.2 Å². The molecule has 0 unspecified atom stereocenters. The highest BCUT2D eigenvalue weighted by Crippen LogP contribution is 2.22. The van der Waals surface area contributed by atoms with Crippen LogP contribution in [0.3, 0.4) is 0 Å². The third-order valence-corrected chi connectivity index (χ3v) is 2.53. The van der Waals surface area contributed by atoms with Crippen molar-refractivity contribution >= 4 is 11.9 Å². The average Bonchev–Trinajstić information content (AvgIpc) is 2.37. The zero-order valence-electron chi connectivity index (χ0n) is 10.2. The largest absolute Gasteiger partial charge is 0.480 e. The lowest BCUT2D eigenvalue weighted by atomic mass is 10.1. The first-order valence-electron chi connectivity index (χ1n) is 5.52. The lowest BCUT2D eigenvalue weighted by Crippen LogP contribution is -2.51. The van der Waals surface area contributed by atoms with E-state index in [4.69, 9.17) is 10.2 Å². The predicted octanol–water partition coefficient (Wildman–Crippen LogP) is 1.02. The molecule has 0 bridgehead atoms. The molecule has 1 rings (SSSR count). The Kier molecular flexibility index (Phi) is 5.09. The number of carboxylic acids is 1. The van der Waals surface area contributed by atoms with Gasteiger partial charge in [-0.1, -0.05) is 30.3 Å². The second kappa shape index (κ2) is 6.38. The van der Waals surface area contributed by atoms with Gasteiger partial charge in [0.25, 0.3) is 0 Å². The van der Waals surface area contributed by atoms with E-state index in [0.29, 0.717) is 5.56 Å². The molecular weight excluding hydrogens is 279 g/mol. The molecule has 0 saturated heterocycles. The van der Waals surface area contributed by atoms with Crippen molar-refractivity contribution < 1.29 is 33.0 Å². The second-order valence-electron chi connectivity index (χ2n) is 3.95. The van der Waals surface area contributed by atoms with Gasteiger partial charge in [-0.2, -0.15) is 13.2 Å². The van der Waals surface area contributed by atoms with Crippen LogP contribution in [0.2, 0.25) is 0 Å². The van der Waals surface area contributed by atoms with Gasteiger partial charge in [0.2, 0.25) is 0 Å². The van der Waals surface area contributed by atoms with Crippen LogP contribution in [-0.4, -0.2) is 45.8 Å². The number of halogens is 3. The van der Waals surface area contributed by atoms with Crippen LogP contribution in [0.5, 0.6) is 0 Å². The Bertz CT molecular complexity index is 475. The first-order valence-corrected chi connectivity index (χ1v) is 5.52. The molecule has 1 atom stereocenters. The molecule has 0 spiro atoms. The summed E-state index contributed by atoms with van der Waals surface area (Å²) in [5.74, 6) is -4.01. The Morgan fingerprint density at radius 3 is 2.15 bits per heavy atom. The third kappa shape index (κ3) is 3.95. The predicted molar refractivity (Wildman–Crippen MR) is 61.6 cm³/mol.